The molecule has 2 aliphatic rings. The highest BCUT2D eigenvalue weighted by molar-refractivity contribution is 5.81. The summed E-state index contributed by atoms with van der Waals surface area (Å²) in [6.07, 6.45) is 2.08. The van der Waals surface area contributed by atoms with E-state index in [9.17, 15) is 14.7 Å². The van der Waals surface area contributed by atoms with Crippen LogP contribution in [0.3, 0.4) is 0 Å². The number of carbonyl (C=O) groups excluding carboxylic acids is 1. The second-order valence-electron chi connectivity index (χ2n) is 5.66. The lowest BCUT2D eigenvalue weighted by Gasteiger charge is -2.35. The van der Waals surface area contributed by atoms with Gasteiger partial charge < -0.3 is 15.1 Å². The van der Waals surface area contributed by atoms with Gasteiger partial charge in [-0.15, -0.1) is 0 Å². The smallest absolute Gasteiger partial charge is 0.306 e. The Morgan fingerprint density at radius 1 is 1.17 bits per heavy atom. The van der Waals surface area contributed by atoms with Crippen molar-refractivity contribution in [1.29, 1.82) is 0 Å². The van der Waals surface area contributed by atoms with Gasteiger partial charge in [0.15, 0.2) is 0 Å². The number of rotatable bonds is 2. The number of amides is 1. The molecule has 2 rings (SSSR count). The SMILES string of the molecule is CC1CN(C(=O)[C@@H]2CC[C@H](C(=O)O)C2)CCC1O. The van der Waals surface area contributed by atoms with Crippen LogP contribution >= 0.6 is 0 Å². The van der Waals surface area contributed by atoms with Crippen LogP contribution in [0.2, 0.25) is 0 Å². The van der Waals surface area contributed by atoms with Gasteiger partial charge in [-0.2, -0.15) is 0 Å². The molecular weight excluding hydrogens is 234 g/mol. The summed E-state index contributed by atoms with van der Waals surface area (Å²) >= 11 is 0. The molecule has 18 heavy (non-hydrogen) atoms. The highest BCUT2D eigenvalue weighted by Gasteiger charge is 2.37. The summed E-state index contributed by atoms with van der Waals surface area (Å²) < 4.78 is 0. The summed E-state index contributed by atoms with van der Waals surface area (Å²) in [4.78, 5) is 25.0. The Balaban J connectivity index is 1.90. The number of carboxylic acids is 1. The van der Waals surface area contributed by atoms with Crippen molar-refractivity contribution in [3.05, 3.63) is 0 Å². The zero-order valence-electron chi connectivity index (χ0n) is 10.7. The Hall–Kier alpha value is -1.10. The minimum atomic E-state index is -0.785. The lowest BCUT2D eigenvalue weighted by atomic mass is 9.95. The molecule has 0 spiro atoms. The molecule has 102 valence electrons. The fraction of sp³-hybridized carbons (Fsp3) is 0.846. The van der Waals surface area contributed by atoms with E-state index >= 15 is 0 Å². The van der Waals surface area contributed by atoms with Crippen molar-refractivity contribution in [2.75, 3.05) is 13.1 Å². The average molecular weight is 255 g/mol. The molecule has 0 radical (unpaired) electrons. The van der Waals surface area contributed by atoms with Gasteiger partial charge in [-0.25, -0.2) is 0 Å². The van der Waals surface area contributed by atoms with E-state index in [1.54, 1.807) is 4.90 Å². The zero-order valence-corrected chi connectivity index (χ0v) is 10.7. The van der Waals surface area contributed by atoms with Crippen molar-refractivity contribution >= 4 is 11.9 Å². The van der Waals surface area contributed by atoms with Gasteiger partial charge in [0.25, 0.3) is 0 Å². The van der Waals surface area contributed by atoms with Crippen molar-refractivity contribution in [3.8, 4) is 0 Å². The Bertz CT molecular complexity index is 344. The van der Waals surface area contributed by atoms with Gasteiger partial charge in [0, 0.05) is 19.0 Å². The third kappa shape index (κ3) is 2.66. The van der Waals surface area contributed by atoms with E-state index in [0.29, 0.717) is 38.8 Å². The number of carboxylic acid groups (broad SMARTS) is 1. The molecule has 4 atom stereocenters. The maximum Gasteiger partial charge on any atom is 0.306 e. The minimum absolute atomic E-state index is 0.0810. The van der Waals surface area contributed by atoms with Crippen LogP contribution in [0.5, 0.6) is 0 Å². The highest BCUT2D eigenvalue weighted by atomic mass is 16.4. The number of likely N-dealkylation sites (tertiary alicyclic amines) is 1. The molecule has 5 nitrogen and oxygen atoms in total. The summed E-state index contributed by atoms with van der Waals surface area (Å²) in [5.74, 6) is -1.08. The summed E-state index contributed by atoms with van der Waals surface area (Å²) in [7, 11) is 0. The normalized spacial score (nSPS) is 36.7. The first-order chi connectivity index (χ1) is 8.49. The predicted octanol–water partition coefficient (Wildman–Crippen LogP) is 0.717. The predicted molar refractivity (Wildman–Crippen MR) is 64.8 cm³/mol. The van der Waals surface area contributed by atoms with Gasteiger partial charge in [-0.1, -0.05) is 6.92 Å². The molecule has 0 aromatic carbocycles. The first kappa shape index (κ1) is 13.3. The number of piperidine rings is 1. The fourth-order valence-electron chi connectivity index (χ4n) is 3.02. The van der Waals surface area contributed by atoms with Crippen molar-refractivity contribution in [1.82, 2.24) is 4.90 Å². The number of hydrogen-bond donors (Lipinski definition) is 2. The molecule has 0 aromatic heterocycles. The molecule has 1 amide bonds. The maximum atomic E-state index is 12.3. The van der Waals surface area contributed by atoms with Crippen molar-refractivity contribution in [2.45, 2.75) is 38.7 Å². The number of hydrogen-bond acceptors (Lipinski definition) is 3. The van der Waals surface area contributed by atoms with Gasteiger partial charge in [0.2, 0.25) is 5.91 Å². The summed E-state index contributed by atoms with van der Waals surface area (Å²) in [5.41, 5.74) is 0. The standard InChI is InChI=1S/C13H21NO4/c1-8-7-14(5-4-11(8)15)12(16)9-2-3-10(6-9)13(17)18/h8-11,15H,2-7H2,1H3,(H,17,18)/t8?,9-,10+,11?/m1/s1. The van der Waals surface area contributed by atoms with Crippen LogP contribution in [0, 0.1) is 17.8 Å². The maximum absolute atomic E-state index is 12.3. The van der Waals surface area contributed by atoms with E-state index in [-0.39, 0.29) is 29.8 Å². The van der Waals surface area contributed by atoms with Crippen LogP contribution < -0.4 is 0 Å². The molecule has 1 saturated heterocycles. The van der Waals surface area contributed by atoms with Crippen LogP contribution in [0.4, 0.5) is 0 Å². The third-order valence-electron chi connectivity index (χ3n) is 4.30. The Morgan fingerprint density at radius 2 is 1.83 bits per heavy atom. The molecule has 0 aromatic rings. The Kier molecular flexibility index (Phi) is 3.90. The topological polar surface area (TPSA) is 77.8 Å². The first-order valence-electron chi connectivity index (χ1n) is 6.68. The van der Waals surface area contributed by atoms with Gasteiger partial charge >= 0.3 is 5.97 Å². The molecule has 1 aliphatic carbocycles. The van der Waals surface area contributed by atoms with Gasteiger partial charge in [0.05, 0.1) is 12.0 Å². The van der Waals surface area contributed by atoms with Crippen molar-refractivity contribution in [2.24, 2.45) is 17.8 Å². The van der Waals surface area contributed by atoms with Crippen LogP contribution in [-0.2, 0) is 9.59 Å². The van der Waals surface area contributed by atoms with E-state index in [1.165, 1.54) is 0 Å². The van der Waals surface area contributed by atoms with E-state index in [4.69, 9.17) is 5.11 Å². The Morgan fingerprint density at radius 3 is 2.39 bits per heavy atom. The summed E-state index contributed by atoms with van der Waals surface area (Å²) in [5, 5.41) is 18.6. The van der Waals surface area contributed by atoms with Crippen LogP contribution in [-0.4, -0.2) is 46.2 Å². The largest absolute Gasteiger partial charge is 0.481 e. The molecule has 2 N–H and O–H groups in total. The minimum Gasteiger partial charge on any atom is -0.481 e. The number of nitrogens with zero attached hydrogens (tertiary/aromatic N) is 1. The quantitative estimate of drug-likeness (QED) is 0.762. The van der Waals surface area contributed by atoms with Crippen molar-refractivity contribution < 1.29 is 19.8 Å². The molecular formula is C13H21NO4. The molecule has 1 aliphatic heterocycles. The monoisotopic (exact) mass is 255 g/mol. The van der Waals surface area contributed by atoms with Crippen LogP contribution in [0.1, 0.15) is 32.6 Å². The third-order valence-corrected chi connectivity index (χ3v) is 4.30. The molecule has 5 heteroatoms. The average Bonchev–Trinajstić information content (AvgIpc) is 2.81. The molecule has 2 fully saturated rings. The molecule has 1 saturated carbocycles. The van der Waals surface area contributed by atoms with Crippen LogP contribution in [0.25, 0.3) is 0 Å². The zero-order chi connectivity index (χ0) is 13.3. The second kappa shape index (κ2) is 5.26. The lowest BCUT2D eigenvalue weighted by molar-refractivity contribution is -0.142. The first-order valence-corrected chi connectivity index (χ1v) is 6.68. The fourth-order valence-corrected chi connectivity index (χ4v) is 3.02. The Labute approximate surface area is 107 Å². The summed E-state index contributed by atoms with van der Waals surface area (Å²) in [6.45, 7) is 3.13. The lowest BCUT2D eigenvalue weighted by Crippen LogP contribution is -2.46. The highest BCUT2D eigenvalue weighted by Crippen LogP contribution is 2.33. The van der Waals surface area contributed by atoms with Gasteiger partial charge in [0.1, 0.15) is 0 Å². The molecule has 2 unspecified atom stereocenters. The van der Waals surface area contributed by atoms with E-state index in [1.807, 2.05) is 6.92 Å². The van der Waals surface area contributed by atoms with Gasteiger partial charge in [-0.3, -0.25) is 9.59 Å². The van der Waals surface area contributed by atoms with Crippen molar-refractivity contribution in [3.63, 3.8) is 0 Å². The number of aliphatic carboxylic acids is 1. The number of aliphatic hydroxyl groups excluding tert-OH is 1. The van der Waals surface area contributed by atoms with Crippen LogP contribution in [0.15, 0.2) is 0 Å². The van der Waals surface area contributed by atoms with Gasteiger partial charge in [-0.05, 0) is 31.6 Å². The van der Waals surface area contributed by atoms with E-state index in [2.05, 4.69) is 0 Å². The number of carbonyl (C=O) groups is 2. The van der Waals surface area contributed by atoms with E-state index in [0.717, 1.165) is 0 Å². The molecule has 1 heterocycles. The summed E-state index contributed by atoms with van der Waals surface area (Å²) in [6, 6.07) is 0. The van der Waals surface area contributed by atoms with E-state index < -0.39 is 5.97 Å². The second-order valence-corrected chi connectivity index (χ2v) is 5.66. The molecule has 0 bridgehead atoms. The number of aliphatic hydroxyl groups is 1.